The highest BCUT2D eigenvalue weighted by Gasteiger charge is 2.21. The summed E-state index contributed by atoms with van der Waals surface area (Å²) in [6, 6.07) is 16.1. The number of rotatable bonds is 9. The lowest BCUT2D eigenvalue weighted by atomic mass is 10.1. The molecule has 0 fully saturated rings. The minimum Gasteiger partial charge on any atom is -0.449 e. The van der Waals surface area contributed by atoms with Gasteiger partial charge in [-0.25, -0.2) is 17.9 Å². The maximum absolute atomic E-state index is 12.3. The number of hydrogen-bond acceptors (Lipinski definition) is 6. The molecule has 0 spiro atoms. The van der Waals surface area contributed by atoms with Crippen molar-refractivity contribution in [2.24, 2.45) is 0 Å². The fourth-order valence-corrected chi connectivity index (χ4v) is 3.56. The second-order valence-corrected chi connectivity index (χ2v) is 8.29. The number of benzene rings is 2. The van der Waals surface area contributed by atoms with Crippen molar-refractivity contribution >= 4 is 21.9 Å². The molecule has 1 amide bonds. The van der Waals surface area contributed by atoms with E-state index in [1.807, 2.05) is 43.3 Å². The first-order chi connectivity index (χ1) is 14.2. The number of ether oxygens (including phenoxy) is 1. The molecular weight excluding hydrogens is 406 g/mol. The Hall–Kier alpha value is -3.22. The number of esters is 1. The summed E-state index contributed by atoms with van der Waals surface area (Å²) in [5.74, 6) is -1.19. The molecule has 2 atom stereocenters. The highest BCUT2D eigenvalue weighted by Crippen LogP contribution is 2.14. The second kappa shape index (κ2) is 10.5. The van der Waals surface area contributed by atoms with Crippen LogP contribution in [0.1, 0.15) is 42.2 Å². The van der Waals surface area contributed by atoms with Crippen molar-refractivity contribution in [2.45, 2.75) is 37.3 Å². The quantitative estimate of drug-likeness (QED) is 0.465. The Balaban J connectivity index is 1.95. The van der Waals surface area contributed by atoms with Gasteiger partial charge in [0.15, 0.2) is 6.10 Å². The average molecular weight is 429 g/mol. The van der Waals surface area contributed by atoms with Crippen molar-refractivity contribution < 1.29 is 22.7 Å². The van der Waals surface area contributed by atoms with Crippen LogP contribution in [0.25, 0.3) is 0 Å². The van der Waals surface area contributed by atoms with Crippen molar-refractivity contribution in [3.8, 4) is 6.07 Å². The Bertz CT molecular complexity index is 1010. The van der Waals surface area contributed by atoms with E-state index in [0.717, 1.165) is 5.56 Å². The van der Waals surface area contributed by atoms with Crippen molar-refractivity contribution in [3.63, 3.8) is 0 Å². The zero-order valence-electron chi connectivity index (χ0n) is 16.7. The van der Waals surface area contributed by atoms with Crippen molar-refractivity contribution in [1.29, 1.82) is 5.26 Å². The van der Waals surface area contributed by atoms with E-state index in [0.29, 0.717) is 0 Å². The van der Waals surface area contributed by atoms with Gasteiger partial charge in [-0.2, -0.15) is 5.26 Å². The minimum atomic E-state index is -3.77. The minimum absolute atomic E-state index is 0.00332. The zero-order chi connectivity index (χ0) is 22.1. The van der Waals surface area contributed by atoms with E-state index in [2.05, 4.69) is 10.0 Å². The Morgan fingerprint density at radius 2 is 1.70 bits per heavy atom. The Morgan fingerprint density at radius 3 is 2.30 bits per heavy atom. The molecule has 0 aliphatic heterocycles. The van der Waals surface area contributed by atoms with Gasteiger partial charge in [0.1, 0.15) is 0 Å². The maximum Gasteiger partial charge on any atom is 0.338 e. The molecule has 9 heteroatoms. The van der Waals surface area contributed by atoms with Gasteiger partial charge in [-0.3, -0.25) is 4.79 Å². The molecule has 0 aliphatic carbocycles. The number of nitriles is 1. The van der Waals surface area contributed by atoms with Gasteiger partial charge in [-0.1, -0.05) is 30.3 Å². The highest BCUT2D eigenvalue weighted by molar-refractivity contribution is 7.89. The van der Waals surface area contributed by atoms with E-state index in [1.54, 1.807) is 0 Å². The first-order valence-corrected chi connectivity index (χ1v) is 10.8. The number of nitrogens with zero attached hydrogens (tertiary/aromatic N) is 1. The molecule has 0 saturated heterocycles. The number of carbonyl (C=O) groups is 2. The fourth-order valence-electron chi connectivity index (χ4n) is 2.53. The van der Waals surface area contributed by atoms with E-state index in [4.69, 9.17) is 10.00 Å². The van der Waals surface area contributed by atoms with Gasteiger partial charge >= 0.3 is 5.97 Å². The first kappa shape index (κ1) is 23.1. The molecule has 8 nitrogen and oxygen atoms in total. The van der Waals surface area contributed by atoms with Gasteiger partial charge in [-0.15, -0.1) is 0 Å². The summed E-state index contributed by atoms with van der Waals surface area (Å²) >= 11 is 0. The van der Waals surface area contributed by atoms with E-state index >= 15 is 0 Å². The molecule has 2 N–H and O–H groups in total. The molecule has 2 aromatic rings. The van der Waals surface area contributed by atoms with Crippen molar-refractivity contribution in [1.82, 2.24) is 10.0 Å². The SMILES string of the molecule is C[C@H](OC(=O)c1ccc(S(=O)(=O)NCCC#N)cc1)C(=O)N[C@@H](C)c1ccccc1. The van der Waals surface area contributed by atoms with Crippen LogP contribution in [-0.2, 0) is 19.6 Å². The lowest BCUT2D eigenvalue weighted by molar-refractivity contribution is -0.129. The van der Waals surface area contributed by atoms with Gasteiger partial charge in [0.25, 0.3) is 5.91 Å². The third kappa shape index (κ3) is 6.40. The highest BCUT2D eigenvalue weighted by atomic mass is 32.2. The Labute approximate surface area is 175 Å². The number of nitrogens with one attached hydrogen (secondary N) is 2. The van der Waals surface area contributed by atoms with Gasteiger partial charge < -0.3 is 10.1 Å². The van der Waals surface area contributed by atoms with Crippen LogP contribution < -0.4 is 10.0 Å². The third-order valence-electron chi connectivity index (χ3n) is 4.24. The zero-order valence-corrected chi connectivity index (χ0v) is 17.5. The van der Waals surface area contributed by atoms with Crippen molar-refractivity contribution in [3.05, 3.63) is 65.7 Å². The normalized spacial score (nSPS) is 13.0. The standard InChI is InChI=1S/C21H23N3O5S/c1-15(17-7-4-3-5-8-17)24-20(25)16(2)29-21(26)18-9-11-19(12-10-18)30(27,28)23-14-6-13-22/h3-5,7-12,15-16,23H,6,14H2,1-2H3,(H,24,25)/t15-,16-/m0/s1. The topological polar surface area (TPSA) is 125 Å². The van der Waals surface area contributed by atoms with Gasteiger partial charge in [0.05, 0.1) is 22.6 Å². The summed E-state index contributed by atoms with van der Waals surface area (Å²) in [5.41, 5.74) is 1.03. The fraction of sp³-hybridized carbons (Fsp3) is 0.286. The summed E-state index contributed by atoms with van der Waals surface area (Å²) in [5, 5.41) is 11.3. The van der Waals surface area contributed by atoms with Crippen LogP contribution in [0.3, 0.4) is 0 Å². The molecule has 0 bridgehead atoms. The lowest BCUT2D eigenvalue weighted by Crippen LogP contribution is -2.37. The molecule has 0 heterocycles. The van der Waals surface area contributed by atoms with Crippen LogP contribution in [0.4, 0.5) is 0 Å². The first-order valence-electron chi connectivity index (χ1n) is 9.27. The van der Waals surface area contributed by atoms with Gasteiger partial charge in [0, 0.05) is 13.0 Å². The largest absolute Gasteiger partial charge is 0.449 e. The van der Waals surface area contributed by atoms with Crippen molar-refractivity contribution in [2.75, 3.05) is 6.54 Å². The van der Waals surface area contributed by atoms with Crippen LogP contribution in [0.5, 0.6) is 0 Å². The van der Waals surface area contributed by atoms with E-state index in [9.17, 15) is 18.0 Å². The molecule has 0 saturated carbocycles. The molecule has 0 radical (unpaired) electrons. The summed E-state index contributed by atoms with van der Waals surface area (Å²) in [6.45, 7) is 3.28. The van der Waals surface area contributed by atoms with E-state index in [-0.39, 0.29) is 29.5 Å². The van der Waals surface area contributed by atoms with E-state index < -0.39 is 28.0 Å². The van der Waals surface area contributed by atoms with Gasteiger partial charge in [0.2, 0.25) is 10.0 Å². The summed E-state index contributed by atoms with van der Waals surface area (Å²) in [6.07, 6.45) is -0.980. The molecule has 2 rings (SSSR count). The molecule has 0 unspecified atom stereocenters. The predicted octanol–water partition coefficient (Wildman–Crippen LogP) is 2.30. The van der Waals surface area contributed by atoms with Crippen LogP contribution >= 0.6 is 0 Å². The predicted molar refractivity (Wildman–Crippen MR) is 110 cm³/mol. The van der Waals surface area contributed by atoms with E-state index in [1.165, 1.54) is 31.2 Å². The average Bonchev–Trinajstić information content (AvgIpc) is 2.74. The number of carbonyl (C=O) groups excluding carboxylic acids is 2. The summed E-state index contributed by atoms with van der Waals surface area (Å²) in [4.78, 5) is 24.5. The molecule has 0 aromatic heterocycles. The smallest absolute Gasteiger partial charge is 0.338 e. The van der Waals surface area contributed by atoms with Crippen LogP contribution in [-0.4, -0.2) is 32.9 Å². The molecule has 2 aromatic carbocycles. The monoisotopic (exact) mass is 429 g/mol. The molecule has 158 valence electrons. The summed E-state index contributed by atoms with van der Waals surface area (Å²) in [7, 11) is -3.77. The number of amides is 1. The maximum atomic E-state index is 12.3. The Morgan fingerprint density at radius 1 is 1.07 bits per heavy atom. The van der Waals surface area contributed by atoms with Crippen LogP contribution in [0.15, 0.2) is 59.5 Å². The Kier molecular flexibility index (Phi) is 8.09. The van der Waals surface area contributed by atoms with Crippen LogP contribution in [0, 0.1) is 11.3 Å². The summed E-state index contributed by atoms with van der Waals surface area (Å²) < 4.78 is 31.6. The molecular formula is C21H23N3O5S. The van der Waals surface area contributed by atoms with Gasteiger partial charge in [-0.05, 0) is 43.7 Å². The second-order valence-electron chi connectivity index (χ2n) is 6.52. The lowest BCUT2D eigenvalue weighted by Gasteiger charge is -2.18. The molecule has 0 aliphatic rings. The van der Waals surface area contributed by atoms with Crippen LogP contribution in [0.2, 0.25) is 0 Å². The number of sulfonamides is 1. The number of hydrogen-bond donors (Lipinski definition) is 2. The third-order valence-corrected chi connectivity index (χ3v) is 5.72. The molecule has 30 heavy (non-hydrogen) atoms.